The van der Waals surface area contributed by atoms with E-state index in [0.29, 0.717) is 18.3 Å². The highest BCUT2D eigenvalue weighted by Crippen LogP contribution is 2.30. The Labute approximate surface area is 207 Å². The number of hydrogen-bond donors (Lipinski definition) is 2. The van der Waals surface area contributed by atoms with Gasteiger partial charge in [0.2, 0.25) is 12.3 Å². The number of nitrogens with zero attached hydrogens (tertiary/aromatic N) is 3. The van der Waals surface area contributed by atoms with Gasteiger partial charge in [0.1, 0.15) is 11.6 Å². The smallest absolute Gasteiger partial charge is 0.416 e. The predicted molar refractivity (Wildman–Crippen MR) is 133 cm³/mol. The van der Waals surface area contributed by atoms with Crippen LogP contribution in [0.2, 0.25) is 0 Å². The Kier molecular flexibility index (Phi) is 9.02. The zero-order valence-corrected chi connectivity index (χ0v) is 20.2. The summed E-state index contributed by atoms with van der Waals surface area (Å²) >= 11 is 0. The summed E-state index contributed by atoms with van der Waals surface area (Å²) in [5.74, 6) is 2.15. The van der Waals surface area contributed by atoms with Crippen molar-refractivity contribution in [2.75, 3.05) is 11.9 Å². The Morgan fingerprint density at radius 1 is 1.11 bits per heavy atom. The molecule has 0 saturated carbocycles. The molecular formula is C26H28F3N5O2. The molecule has 190 valence electrons. The van der Waals surface area contributed by atoms with Gasteiger partial charge in [-0.25, -0.2) is 4.98 Å². The van der Waals surface area contributed by atoms with E-state index in [1.54, 1.807) is 12.3 Å². The fourth-order valence-corrected chi connectivity index (χ4v) is 3.33. The second-order valence-electron chi connectivity index (χ2n) is 8.26. The van der Waals surface area contributed by atoms with Gasteiger partial charge in [-0.3, -0.25) is 4.79 Å². The normalized spacial score (nSPS) is 11.2. The zero-order valence-electron chi connectivity index (χ0n) is 20.2. The summed E-state index contributed by atoms with van der Waals surface area (Å²) in [7, 11) is 2.03. The van der Waals surface area contributed by atoms with Crippen LogP contribution in [-0.2, 0) is 24.4 Å². The molecule has 0 atom stereocenters. The fourth-order valence-electron chi connectivity index (χ4n) is 3.33. The number of carbonyl (C=O) groups excluding carboxylic acids is 1. The number of nitrogens with one attached hydrogen (secondary N) is 2. The van der Waals surface area contributed by atoms with Crippen LogP contribution < -0.4 is 15.4 Å². The number of fused-ring (bicyclic) bond motifs is 1. The molecule has 2 aromatic carbocycles. The Balaban J connectivity index is 0.000000236. The van der Waals surface area contributed by atoms with Crippen LogP contribution in [0.25, 0.3) is 10.9 Å². The molecule has 36 heavy (non-hydrogen) atoms. The van der Waals surface area contributed by atoms with Gasteiger partial charge in [0.05, 0.1) is 5.56 Å². The Hall–Kier alpha value is -3.92. The summed E-state index contributed by atoms with van der Waals surface area (Å²) in [6.07, 6.45) is 0.524. The van der Waals surface area contributed by atoms with Gasteiger partial charge in [0.15, 0.2) is 0 Å². The summed E-state index contributed by atoms with van der Waals surface area (Å²) in [5, 5.41) is 6.66. The third-order valence-electron chi connectivity index (χ3n) is 5.08. The molecule has 4 rings (SSSR count). The number of rotatable bonds is 8. The number of amides is 1. The minimum absolute atomic E-state index is 0.129. The molecule has 0 aliphatic heterocycles. The number of halogens is 3. The van der Waals surface area contributed by atoms with Crippen molar-refractivity contribution in [2.24, 2.45) is 7.05 Å². The summed E-state index contributed by atoms with van der Waals surface area (Å²) in [6, 6.07) is 14.8. The quantitative estimate of drug-likeness (QED) is 0.310. The van der Waals surface area contributed by atoms with E-state index in [1.165, 1.54) is 17.6 Å². The van der Waals surface area contributed by atoms with Gasteiger partial charge in [-0.15, -0.1) is 0 Å². The van der Waals surface area contributed by atoms with E-state index in [1.807, 2.05) is 25.4 Å². The summed E-state index contributed by atoms with van der Waals surface area (Å²) in [5.41, 5.74) is 0.532. The third kappa shape index (κ3) is 7.81. The van der Waals surface area contributed by atoms with Gasteiger partial charge in [0, 0.05) is 61.1 Å². The number of ether oxygens (including phenoxy) is 1. The van der Waals surface area contributed by atoms with Crippen LogP contribution in [0, 0.1) is 0 Å². The van der Waals surface area contributed by atoms with Gasteiger partial charge < -0.3 is 19.9 Å². The second kappa shape index (κ2) is 12.2. The van der Waals surface area contributed by atoms with E-state index < -0.39 is 11.7 Å². The summed E-state index contributed by atoms with van der Waals surface area (Å²) < 4.78 is 44.2. The first-order valence-corrected chi connectivity index (χ1v) is 11.3. The van der Waals surface area contributed by atoms with Gasteiger partial charge >= 0.3 is 6.18 Å². The first-order chi connectivity index (χ1) is 17.2. The van der Waals surface area contributed by atoms with Crippen molar-refractivity contribution in [3.63, 3.8) is 0 Å². The molecule has 0 fully saturated rings. The number of benzene rings is 2. The van der Waals surface area contributed by atoms with Crippen LogP contribution in [0.15, 0.2) is 67.0 Å². The van der Waals surface area contributed by atoms with Crippen LogP contribution in [-0.4, -0.2) is 33.5 Å². The predicted octanol–water partition coefficient (Wildman–Crippen LogP) is 5.57. The monoisotopic (exact) mass is 499 g/mol. The fraction of sp³-hybridized carbons (Fsp3) is 0.269. The Morgan fingerprint density at radius 3 is 2.64 bits per heavy atom. The van der Waals surface area contributed by atoms with Crippen molar-refractivity contribution in [2.45, 2.75) is 32.5 Å². The summed E-state index contributed by atoms with van der Waals surface area (Å²) in [6.45, 7) is 5.11. The van der Waals surface area contributed by atoms with Crippen molar-refractivity contribution in [1.29, 1.82) is 0 Å². The molecule has 2 aromatic heterocycles. The van der Waals surface area contributed by atoms with Gasteiger partial charge in [-0.05, 0) is 42.5 Å². The van der Waals surface area contributed by atoms with E-state index in [9.17, 15) is 18.0 Å². The maximum Gasteiger partial charge on any atom is 0.416 e. The molecular weight excluding hydrogens is 471 g/mol. The average Bonchev–Trinajstić information content (AvgIpc) is 3.19. The molecule has 0 spiro atoms. The minimum Gasteiger partial charge on any atom is -0.439 e. The Bertz CT molecular complexity index is 1290. The number of alkyl halides is 3. The van der Waals surface area contributed by atoms with Gasteiger partial charge in [-0.1, -0.05) is 19.9 Å². The van der Waals surface area contributed by atoms with Crippen molar-refractivity contribution < 1.29 is 22.7 Å². The molecule has 10 heteroatoms. The van der Waals surface area contributed by atoms with Gasteiger partial charge in [-0.2, -0.15) is 18.2 Å². The number of carbonyl (C=O) groups is 1. The van der Waals surface area contributed by atoms with Gasteiger partial charge in [0.25, 0.3) is 0 Å². The van der Waals surface area contributed by atoms with Crippen LogP contribution in [0.5, 0.6) is 11.6 Å². The second-order valence-corrected chi connectivity index (χ2v) is 8.26. The van der Waals surface area contributed by atoms with E-state index in [0.717, 1.165) is 42.1 Å². The highest BCUT2D eigenvalue weighted by Gasteiger charge is 2.30. The number of hydrogen-bond acceptors (Lipinski definition) is 5. The number of anilines is 1. The average molecular weight is 500 g/mol. The van der Waals surface area contributed by atoms with Crippen LogP contribution in [0.1, 0.15) is 25.2 Å². The maximum atomic E-state index is 12.1. The highest BCUT2D eigenvalue weighted by molar-refractivity contribution is 5.81. The topological polar surface area (TPSA) is 81.1 Å². The molecule has 1 amide bonds. The lowest BCUT2D eigenvalue weighted by molar-refractivity contribution is -0.137. The highest BCUT2D eigenvalue weighted by atomic mass is 19.4. The number of aryl methyl sites for hydroxylation is 1. The first kappa shape index (κ1) is 26.7. The Morgan fingerprint density at radius 2 is 1.92 bits per heavy atom. The molecule has 2 N–H and O–H groups in total. The number of aromatic nitrogens is 3. The zero-order chi connectivity index (χ0) is 26.1. The van der Waals surface area contributed by atoms with E-state index in [4.69, 9.17) is 4.74 Å². The molecule has 0 saturated heterocycles. The lowest BCUT2D eigenvalue weighted by atomic mass is 10.2. The molecule has 0 unspecified atom stereocenters. The van der Waals surface area contributed by atoms with Crippen LogP contribution >= 0.6 is 0 Å². The maximum absolute atomic E-state index is 12.1. The lowest BCUT2D eigenvalue weighted by Crippen LogP contribution is -2.25. The van der Waals surface area contributed by atoms with Crippen molar-refractivity contribution >= 4 is 23.0 Å². The van der Waals surface area contributed by atoms with Crippen molar-refractivity contribution in [3.8, 4) is 11.6 Å². The van der Waals surface area contributed by atoms with Crippen LogP contribution in [0.3, 0.4) is 0 Å². The van der Waals surface area contributed by atoms with E-state index in [2.05, 4.69) is 51.1 Å². The molecule has 0 aliphatic rings. The molecule has 4 aromatic rings. The standard InChI is InChI=1S/C18H22N4O.C8H6F3NO/c1-13(2)19-9-6-17-20-10-7-18(21-17)23-15-4-5-16-14(12-15)8-11-22(16)3;9-8(10,11)6-2-1-3-7(4-6)12-5-13/h4-5,7-8,10-13,19H,6,9H2,1-3H3;1-5H,(H,12,13). The van der Waals surface area contributed by atoms with Crippen molar-refractivity contribution in [3.05, 3.63) is 78.4 Å². The molecule has 7 nitrogen and oxygen atoms in total. The largest absolute Gasteiger partial charge is 0.439 e. The molecule has 0 bridgehead atoms. The molecule has 0 radical (unpaired) electrons. The van der Waals surface area contributed by atoms with E-state index in [-0.39, 0.29) is 5.69 Å². The lowest BCUT2D eigenvalue weighted by Gasteiger charge is -2.08. The minimum atomic E-state index is -4.37. The van der Waals surface area contributed by atoms with Crippen molar-refractivity contribution in [1.82, 2.24) is 19.9 Å². The molecule has 2 heterocycles. The van der Waals surface area contributed by atoms with Crippen LogP contribution in [0.4, 0.5) is 18.9 Å². The van der Waals surface area contributed by atoms with E-state index >= 15 is 0 Å². The first-order valence-electron chi connectivity index (χ1n) is 11.3. The SMILES string of the molecule is CC(C)NCCc1nccc(Oc2ccc3c(ccn3C)c2)n1.O=CNc1cccc(C(F)(F)F)c1. The molecule has 0 aliphatic carbocycles. The third-order valence-corrected chi connectivity index (χ3v) is 5.08. The summed E-state index contributed by atoms with van der Waals surface area (Å²) in [4.78, 5) is 18.7.